The van der Waals surface area contributed by atoms with Gasteiger partial charge in [-0.15, -0.1) is 0 Å². The van der Waals surface area contributed by atoms with Gasteiger partial charge in [0.15, 0.2) is 5.75 Å². The number of phenols is 1. The van der Waals surface area contributed by atoms with Crippen LogP contribution in [0.5, 0.6) is 5.75 Å². The van der Waals surface area contributed by atoms with Crippen LogP contribution in [0.1, 0.15) is 25.7 Å². The van der Waals surface area contributed by atoms with Crippen LogP contribution in [-0.4, -0.2) is 25.0 Å². The lowest BCUT2D eigenvalue weighted by molar-refractivity contribution is -0.386. The summed E-state index contributed by atoms with van der Waals surface area (Å²) >= 11 is 0. The van der Waals surface area contributed by atoms with Crippen LogP contribution >= 0.6 is 0 Å². The summed E-state index contributed by atoms with van der Waals surface area (Å²) in [5.74, 6) is 0.0740. The molecule has 0 unspecified atom stereocenters. The molecule has 21 heavy (non-hydrogen) atoms. The summed E-state index contributed by atoms with van der Waals surface area (Å²) in [5.41, 5.74) is -0.503. The van der Waals surface area contributed by atoms with Gasteiger partial charge in [0.05, 0.1) is 9.82 Å². The Bertz CT molecular complexity index is 693. The Hall–Kier alpha value is -1.67. The van der Waals surface area contributed by atoms with Gasteiger partial charge in [0.2, 0.25) is 10.0 Å². The van der Waals surface area contributed by atoms with E-state index >= 15 is 0 Å². The first kappa shape index (κ1) is 14.3. The normalized spacial score (nSPS) is 20.2. The summed E-state index contributed by atoms with van der Waals surface area (Å²) in [6.07, 6.45) is 4.39. The largest absolute Gasteiger partial charge is 0.502 e. The topological polar surface area (TPSA) is 110 Å². The summed E-state index contributed by atoms with van der Waals surface area (Å²) in [6.45, 7) is 0.384. The lowest BCUT2D eigenvalue weighted by Crippen LogP contribution is -2.31. The number of rotatable bonds is 6. The monoisotopic (exact) mass is 312 g/mol. The predicted molar refractivity (Wildman–Crippen MR) is 74.3 cm³/mol. The summed E-state index contributed by atoms with van der Waals surface area (Å²) in [7, 11) is -3.80. The second-order valence-electron chi connectivity index (χ2n) is 5.87. The van der Waals surface area contributed by atoms with Crippen LogP contribution < -0.4 is 4.72 Å². The lowest BCUT2D eigenvalue weighted by Gasteiger charge is -2.15. The second-order valence-corrected chi connectivity index (χ2v) is 7.64. The molecular formula is C13H16N2O5S. The third kappa shape index (κ3) is 2.73. The number of hydrogen-bond acceptors (Lipinski definition) is 5. The quantitative estimate of drug-likeness (QED) is 0.614. The van der Waals surface area contributed by atoms with E-state index in [4.69, 9.17) is 0 Å². The molecule has 3 rings (SSSR count). The number of nitro groups is 1. The van der Waals surface area contributed by atoms with Crippen LogP contribution in [0.2, 0.25) is 0 Å². The van der Waals surface area contributed by atoms with E-state index in [1.165, 1.54) is 6.07 Å². The molecule has 0 saturated heterocycles. The van der Waals surface area contributed by atoms with Crippen molar-refractivity contribution in [3.05, 3.63) is 28.3 Å². The summed E-state index contributed by atoms with van der Waals surface area (Å²) < 4.78 is 27.0. The van der Waals surface area contributed by atoms with E-state index in [1.54, 1.807) is 0 Å². The van der Waals surface area contributed by atoms with Crippen molar-refractivity contribution < 1.29 is 18.4 Å². The number of nitrogens with zero attached hydrogens (tertiary/aromatic N) is 1. The smallest absolute Gasteiger partial charge is 0.312 e. The molecule has 0 atom stereocenters. The van der Waals surface area contributed by atoms with Crippen molar-refractivity contribution in [3.8, 4) is 5.75 Å². The first-order valence-corrected chi connectivity index (χ1v) is 8.29. The standard InChI is InChI=1S/C13H16N2O5S/c16-12-4-3-10(7-11(12)15(17)18)21(19,20)14-8-13(5-6-13)9-1-2-9/h3-4,7,9,14,16H,1-2,5-6,8H2. The molecule has 0 heterocycles. The van der Waals surface area contributed by atoms with Crippen LogP contribution in [0.3, 0.4) is 0 Å². The van der Waals surface area contributed by atoms with E-state index in [-0.39, 0.29) is 10.3 Å². The first-order chi connectivity index (χ1) is 9.84. The maximum Gasteiger partial charge on any atom is 0.312 e. The molecule has 1 aromatic rings. The van der Waals surface area contributed by atoms with Crippen molar-refractivity contribution in [2.45, 2.75) is 30.6 Å². The maximum absolute atomic E-state index is 12.2. The van der Waals surface area contributed by atoms with E-state index < -0.39 is 26.4 Å². The van der Waals surface area contributed by atoms with Crippen molar-refractivity contribution >= 4 is 15.7 Å². The molecule has 0 radical (unpaired) electrons. The van der Waals surface area contributed by atoms with Crippen LogP contribution in [0, 0.1) is 21.4 Å². The van der Waals surface area contributed by atoms with E-state index in [1.807, 2.05) is 0 Å². The number of phenolic OH excluding ortho intramolecular Hbond substituents is 1. The Kier molecular flexibility index (Phi) is 3.18. The number of sulfonamides is 1. The molecular weight excluding hydrogens is 296 g/mol. The van der Waals surface area contributed by atoms with E-state index in [2.05, 4.69) is 4.72 Å². The number of nitro benzene ring substituents is 1. The van der Waals surface area contributed by atoms with Gasteiger partial charge in [-0.3, -0.25) is 10.1 Å². The number of aromatic hydroxyl groups is 1. The van der Waals surface area contributed by atoms with Gasteiger partial charge in [-0.1, -0.05) is 0 Å². The van der Waals surface area contributed by atoms with Gasteiger partial charge in [-0.05, 0) is 49.1 Å². The SMILES string of the molecule is O=[N+]([O-])c1cc(S(=O)(=O)NCC2(C3CC3)CC2)ccc1O. The van der Waals surface area contributed by atoms with Gasteiger partial charge in [0.25, 0.3) is 0 Å². The third-order valence-corrected chi connectivity index (χ3v) is 5.80. The van der Waals surface area contributed by atoms with Gasteiger partial charge < -0.3 is 5.11 Å². The minimum absolute atomic E-state index is 0.107. The van der Waals surface area contributed by atoms with Crippen LogP contribution in [0.25, 0.3) is 0 Å². The Morgan fingerprint density at radius 2 is 2.05 bits per heavy atom. The molecule has 2 saturated carbocycles. The van der Waals surface area contributed by atoms with Gasteiger partial charge in [-0.25, -0.2) is 13.1 Å². The molecule has 8 heteroatoms. The summed E-state index contributed by atoms with van der Waals surface area (Å²) in [5, 5.41) is 20.1. The predicted octanol–water partition coefficient (Wildman–Crippen LogP) is 1.77. The minimum atomic E-state index is -3.80. The molecule has 2 fully saturated rings. The van der Waals surface area contributed by atoms with Gasteiger partial charge in [0, 0.05) is 12.6 Å². The Morgan fingerprint density at radius 3 is 2.57 bits per heavy atom. The molecule has 0 aliphatic heterocycles. The summed E-state index contributed by atoms with van der Waals surface area (Å²) in [6, 6.07) is 3.08. The van der Waals surface area contributed by atoms with Crippen molar-refractivity contribution in [2.75, 3.05) is 6.54 Å². The molecule has 0 bridgehead atoms. The van der Waals surface area contributed by atoms with Crippen molar-refractivity contribution in [3.63, 3.8) is 0 Å². The van der Waals surface area contributed by atoms with Crippen molar-refractivity contribution in [1.82, 2.24) is 4.72 Å². The zero-order chi connectivity index (χ0) is 15.3. The fourth-order valence-corrected chi connectivity index (χ4v) is 3.88. The van der Waals surface area contributed by atoms with Crippen LogP contribution in [0.15, 0.2) is 23.1 Å². The highest BCUT2D eigenvalue weighted by Crippen LogP contribution is 2.60. The fraction of sp³-hybridized carbons (Fsp3) is 0.538. The zero-order valence-electron chi connectivity index (χ0n) is 11.3. The fourth-order valence-electron chi connectivity index (χ4n) is 2.72. The molecule has 2 aliphatic rings. The van der Waals surface area contributed by atoms with Crippen LogP contribution in [0.4, 0.5) is 5.69 Å². The highest BCUT2D eigenvalue weighted by atomic mass is 32.2. The Labute approximate surface area is 122 Å². The average Bonchev–Trinajstić information content (AvgIpc) is 3.27. The van der Waals surface area contributed by atoms with E-state index in [0.29, 0.717) is 12.5 Å². The number of nitrogens with one attached hydrogen (secondary N) is 1. The highest BCUT2D eigenvalue weighted by molar-refractivity contribution is 7.89. The van der Waals surface area contributed by atoms with Crippen molar-refractivity contribution in [1.29, 1.82) is 0 Å². The molecule has 2 aliphatic carbocycles. The Balaban J connectivity index is 1.78. The van der Waals surface area contributed by atoms with Gasteiger partial charge >= 0.3 is 5.69 Å². The second kappa shape index (κ2) is 4.67. The number of benzene rings is 1. The first-order valence-electron chi connectivity index (χ1n) is 6.81. The maximum atomic E-state index is 12.2. The zero-order valence-corrected chi connectivity index (χ0v) is 12.1. The molecule has 0 amide bonds. The molecule has 2 N–H and O–H groups in total. The highest BCUT2D eigenvalue weighted by Gasteiger charge is 2.53. The summed E-state index contributed by atoms with van der Waals surface area (Å²) in [4.78, 5) is 9.76. The van der Waals surface area contributed by atoms with E-state index in [9.17, 15) is 23.6 Å². The molecule has 0 spiro atoms. The van der Waals surface area contributed by atoms with Crippen LogP contribution in [-0.2, 0) is 10.0 Å². The molecule has 114 valence electrons. The molecule has 7 nitrogen and oxygen atoms in total. The lowest BCUT2D eigenvalue weighted by atomic mass is 10.0. The molecule has 1 aromatic carbocycles. The molecule has 0 aromatic heterocycles. The van der Waals surface area contributed by atoms with Gasteiger partial charge in [0.1, 0.15) is 0 Å². The van der Waals surface area contributed by atoms with Gasteiger partial charge in [-0.2, -0.15) is 0 Å². The number of hydrogen-bond donors (Lipinski definition) is 2. The third-order valence-electron chi connectivity index (χ3n) is 4.40. The van der Waals surface area contributed by atoms with Crippen molar-refractivity contribution in [2.24, 2.45) is 11.3 Å². The van der Waals surface area contributed by atoms with E-state index in [0.717, 1.165) is 37.8 Å². The average molecular weight is 312 g/mol. The minimum Gasteiger partial charge on any atom is -0.502 e. The Morgan fingerprint density at radius 1 is 1.38 bits per heavy atom.